The molecule has 208 valence electrons. The number of para-hydroxylation sites is 2. The highest BCUT2D eigenvalue weighted by atomic mass is 16.2. The Morgan fingerprint density at radius 1 is 0.829 bits per heavy atom. The monoisotopic (exact) mass is 544 g/mol. The summed E-state index contributed by atoms with van der Waals surface area (Å²) in [5.41, 5.74) is 6.73. The van der Waals surface area contributed by atoms with Crippen molar-refractivity contribution in [2.45, 2.75) is 44.4 Å². The van der Waals surface area contributed by atoms with E-state index in [1.807, 2.05) is 17.0 Å². The molecule has 2 N–H and O–H groups in total. The predicted octanol–water partition coefficient (Wildman–Crippen LogP) is 6.73. The van der Waals surface area contributed by atoms with Crippen molar-refractivity contribution in [3.05, 3.63) is 102 Å². The summed E-state index contributed by atoms with van der Waals surface area (Å²) < 4.78 is 0. The number of likely N-dealkylation sites (tertiary alicyclic amines) is 1. The van der Waals surface area contributed by atoms with Gasteiger partial charge in [0.05, 0.1) is 5.92 Å². The molecule has 0 unspecified atom stereocenters. The van der Waals surface area contributed by atoms with Gasteiger partial charge < -0.3 is 19.8 Å². The van der Waals surface area contributed by atoms with Crippen molar-refractivity contribution in [2.75, 3.05) is 24.5 Å². The number of benzene rings is 3. The summed E-state index contributed by atoms with van der Waals surface area (Å²) in [5, 5.41) is 2.47. The first-order valence-corrected chi connectivity index (χ1v) is 14.8. The van der Waals surface area contributed by atoms with Gasteiger partial charge in [-0.2, -0.15) is 0 Å². The summed E-state index contributed by atoms with van der Waals surface area (Å²) >= 11 is 0. The van der Waals surface area contributed by atoms with Gasteiger partial charge in [0.15, 0.2) is 0 Å². The number of nitrogens with zero attached hydrogens (tertiary/aromatic N) is 2. The van der Waals surface area contributed by atoms with E-state index in [2.05, 4.69) is 96.9 Å². The zero-order valence-corrected chi connectivity index (χ0v) is 23.7. The van der Waals surface area contributed by atoms with Crippen LogP contribution in [-0.4, -0.2) is 46.3 Å². The lowest BCUT2D eigenvalue weighted by molar-refractivity contribution is -0.137. The number of nitrogens with one attached hydrogen (secondary N) is 2. The molecular weight excluding hydrogens is 508 g/mol. The molecule has 6 nitrogen and oxygen atoms in total. The van der Waals surface area contributed by atoms with Crippen molar-refractivity contribution >= 4 is 39.3 Å². The standard InChI is InChI=1S/C35H36N4O2/c1-23(2)24-11-13-26(14-12-24)39-22-25(19-33(39)40)34(41)38-17-15-35(16-18-38,29-20-36-31-9-5-3-7-27(29)31)30-21-37-32-10-6-4-8-28(30)32/h3-14,20-21,23,25,36-37H,15-19,22H2,1-2H3/t25-/m1/s1. The topological polar surface area (TPSA) is 72.2 Å². The fraction of sp³-hybridized carbons (Fsp3) is 0.314. The molecule has 0 saturated carbocycles. The van der Waals surface area contributed by atoms with Gasteiger partial charge in [-0.05, 0) is 59.7 Å². The van der Waals surface area contributed by atoms with Crippen molar-refractivity contribution in [3.8, 4) is 0 Å². The highest BCUT2D eigenvalue weighted by Crippen LogP contribution is 2.47. The molecule has 0 bridgehead atoms. The third-order valence-corrected chi connectivity index (χ3v) is 9.48. The largest absolute Gasteiger partial charge is 0.361 e. The van der Waals surface area contributed by atoms with Crippen molar-refractivity contribution in [1.29, 1.82) is 0 Å². The Hall–Kier alpha value is -4.32. The van der Waals surface area contributed by atoms with Crippen LogP contribution in [0, 0.1) is 5.92 Å². The zero-order valence-electron chi connectivity index (χ0n) is 23.7. The molecule has 4 heterocycles. The fourth-order valence-corrected chi connectivity index (χ4v) is 7.15. The summed E-state index contributed by atoms with van der Waals surface area (Å²) in [4.78, 5) is 37.6. The van der Waals surface area contributed by atoms with E-state index in [0.29, 0.717) is 25.6 Å². The maximum Gasteiger partial charge on any atom is 0.228 e. The fourth-order valence-electron chi connectivity index (χ4n) is 7.15. The van der Waals surface area contributed by atoms with Crippen LogP contribution in [0.3, 0.4) is 0 Å². The number of aromatic nitrogens is 2. The van der Waals surface area contributed by atoms with Gasteiger partial charge in [-0.25, -0.2) is 0 Å². The minimum absolute atomic E-state index is 0.0320. The molecule has 3 aromatic carbocycles. The molecule has 2 fully saturated rings. The number of carbonyl (C=O) groups is 2. The van der Waals surface area contributed by atoms with Gasteiger partial charge in [-0.15, -0.1) is 0 Å². The number of piperidine rings is 1. The molecule has 2 aliphatic heterocycles. The van der Waals surface area contributed by atoms with E-state index < -0.39 is 0 Å². The summed E-state index contributed by atoms with van der Waals surface area (Å²) in [7, 11) is 0. The quantitative estimate of drug-likeness (QED) is 0.257. The smallest absolute Gasteiger partial charge is 0.228 e. The number of anilines is 1. The van der Waals surface area contributed by atoms with Gasteiger partial charge in [0.25, 0.3) is 0 Å². The average molecular weight is 545 g/mol. The molecule has 6 heteroatoms. The molecule has 2 saturated heterocycles. The number of hydrogen-bond donors (Lipinski definition) is 2. The van der Waals surface area contributed by atoms with Crippen molar-refractivity contribution in [2.24, 2.45) is 5.92 Å². The van der Waals surface area contributed by atoms with Crippen LogP contribution in [0.4, 0.5) is 5.69 Å². The lowest BCUT2D eigenvalue weighted by Gasteiger charge is -2.43. The van der Waals surface area contributed by atoms with Crippen LogP contribution >= 0.6 is 0 Å². The summed E-state index contributed by atoms with van der Waals surface area (Å²) in [6.45, 7) is 6.09. The van der Waals surface area contributed by atoms with E-state index in [1.54, 1.807) is 4.90 Å². The second-order valence-electron chi connectivity index (χ2n) is 12.1. The Morgan fingerprint density at radius 2 is 1.39 bits per heavy atom. The van der Waals surface area contributed by atoms with E-state index in [4.69, 9.17) is 0 Å². The maximum absolute atomic E-state index is 13.8. The van der Waals surface area contributed by atoms with E-state index in [1.165, 1.54) is 27.5 Å². The lowest BCUT2D eigenvalue weighted by Crippen LogP contribution is -2.47. The van der Waals surface area contributed by atoms with Gasteiger partial charge >= 0.3 is 0 Å². The number of carbonyl (C=O) groups excluding carboxylic acids is 2. The number of rotatable bonds is 5. The van der Waals surface area contributed by atoms with Crippen LogP contribution in [0.15, 0.2) is 85.2 Å². The second kappa shape index (κ2) is 9.95. The summed E-state index contributed by atoms with van der Waals surface area (Å²) in [6, 6.07) is 25.2. The van der Waals surface area contributed by atoms with Crippen LogP contribution in [0.5, 0.6) is 0 Å². The molecule has 0 aliphatic carbocycles. The first-order valence-electron chi connectivity index (χ1n) is 14.8. The molecule has 1 atom stereocenters. The molecule has 2 aromatic heterocycles. The molecule has 41 heavy (non-hydrogen) atoms. The van der Waals surface area contributed by atoms with E-state index in [9.17, 15) is 9.59 Å². The van der Waals surface area contributed by atoms with Gasteiger partial charge in [0.1, 0.15) is 0 Å². The van der Waals surface area contributed by atoms with Gasteiger partial charge in [-0.3, -0.25) is 9.59 Å². The van der Waals surface area contributed by atoms with Crippen LogP contribution in [0.1, 0.15) is 55.7 Å². The van der Waals surface area contributed by atoms with Crippen LogP contribution in [0.2, 0.25) is 0 Å². The van der Waals surface area contributed by atoms with Crippen LogP contribution in [0.25, 0.3) is 21.8 Å². The summed E-state index contributed by atoms with van der Waals surface area (Å²) in [6.07, 6.45) is 6.26. The Balaban J connectivity index is 1.15. The normalized spacial score (nSPS) is 19.1. The number of aromatic amines is 2. The van der Waals surface area contributed by atoms with E-state index in [0.717, 1.165) is 29.6 Å². The Bertz CT molecular complexity index is 1660. The first-order chi connectivity index (χ1) is 19.9. The van der Waals surface area contributed by atoms with Gasteiger partial charge in [0.2, 0.25) is 11.8 Å². The number of hydrogen-bond acceptors (Lipinski definition) is 2. The van der Waals surface area contributed by atoms with Crippen molar-refractivity contribution < 1.29 is 9.59 Å². The Labute approximate surface area is 240 Å². The average Bonchev–Trinajstić information content (AvgIpc) is 3.74. The molecule has 5 aromatic rings. The predicted molar refractivity (Wildman–Crippen MR) is 164 cm³/mol. The molecular formula is C35H36N4O2. The number of fused-ring (bicyclic) bond motifs is 2. The number of H-pyrrole nitrogens is 2. The highest BCUT2D eigenvalue weighted by molar-refractivity contribution is 6.00. The van der Waals surface area contributed by atoms with Crippen molar-refractivity contribution in [3.63, 3.8) is 0 Å². The minimum Gasteiger partial charge on any atom is -0.361 e. The molecule has 2 amide bonds. The number of amides is 2. The van der Waals surface area contributed by atoms with E-state index in [-0.39, 0.29) is 29.6 Å². The SMILES string of the molecule is CC(C)c1ccc(N2C[C@H](C(=O)N3CCC(c4c[nH]c5ccccc45)(c4c[nH]c5ccccc45)CC3)CC2=O)cc1. The molecule has 7 rings (SSSR count). The summed E-state index contributed by atoms with van der Waals surface area (Å²) in [5.74, 6) is 0.268. The second-order valence-corrected chi connectivity index (χ2v) is 12.1. The minimum atomic E-state index is -0.305. The van der Waals surface area contributed by atoms with Crippen LogP contribution < -0.4 is 4.90 Å². The Kier molecular flexibility index (Phi) is 6.22. The van der Waals surface area contributed by atoms with Gasteiger partial charge in [-0.1, -0.05) is 62.4 Å². The lowest BCUT2D eigenvalue weighted by atomic mass is 9.67. The zero-order chi connectivity index (χ0) is 28.1. The van der Waals surface area contributed by atoms with Crippen LogP contribution in [-0.2, 0) is 15.0 Å². The van der Waals surface area contributed by atoms with Crippen molar-refractivity contribution in [1.82, 2.24) is 14.9 Å². The maximum atomic E-state index is 13.8. The molecule has 0 radical (unpaired) electrons. The Morgan fingerprint density at radius 3 is 1.95 bits per heavy atom. The first kappa shape index (κ1) is 25.6. The van der Waals surface area contributed by atoms with E-state index >= 15 is 0 Å². The third-order valence-electron chi connectivity index (χ3n) is 9.48. The highest BCUT2D eigenvalue weighted by Gasteiger charge is 2.44. The molecule has 0 spiro atoms. The molecule has 2 aliphatic rings. The third kappa shape index (κ3) is 4.24. The van der Waals surface area contributed by atoms with Gasteiger partial charge in [0, 0.05) is 71.4 Å².